The molecule has 0 aliphatic rings. The van der Waals surface area contributed by atoms with E-state index >= 15 is 0 Å². The summed E-state index contributed by atoms with van der Waals surface area (Å²) in [5.74, 6) is 0. The standard InChI is InChI=1S/C16H24N2O/c1-4-17-12-14-5-6-16-15(11-14)7-8-18(16)9-10-19-13(2)3/h5-8,11,13,17H,4,9-10,12H2,1-3H3. The minimum atomic E-state index is 0.300. The van der Waals surface area contributed by atoms with Crippen LogP contribution in [0.3, 0.4) is 0 Å². The Labute approximate surface area is 115 Å². The van der Waals surface area contributed by atoms with Gasteiger partial charge in [-0.05, 0) is 49.5 Å². The van der Waals surface area contributed by atoms with Crippen molar-refractivity contribution in [2.24, 2.45) is 0 Å². The molecule has 2 rings (SSSR count). The van der Waals surface area contributed by atoms with Gasteiger partial charge in [-0.1, -0.05) is 13.0 Å². The lowest BCUT2D eigenvalue weighted by molar-refractivity contribution is 0.0733. The van der Waals surface area contributed by atoms with Crippen molar-refractivity contribution in [2.45, 2.75) is 40.0 Å². The first-order valence-electron chi connectivity index (χ1n) is 7.10. The van der Waals surface area contributed by atoms with E-state index in [9.17, 15) is 0 Å². The van der Waals surface area contributed by atoms with Gasteiger partial charge >= 0.3 is 0 Å². The molecular weight excluding hydrogens is 236 g/mol. The summed E-state index contributed by atoms with van der Waals surface area (Å²) in [5.41, 5.74) is 2.62. The van der Waals surface area contributed by atoms with Crippen molar-refractivity contribution in [1.82, 2.24) is 9.88 Å². The van der Waals surface area contributed by atoms with Gasteiger partial charge in [0, 0.05) is 24.8 Å². The number of nitrogens with one attached hydrogen (secondary N) is 1. The predicted octanol–water partition coefficient (Wildman–Crippen LogP) is 3.18. The van der Waals surface area contributed by atoms with Gasteiger partial charge in [-0.15, -0.1) is 0 Å². The molecule has 0 fully saturated rings. The maximum absolute atomic E-state index is 5.61. The SMILES string of the molecule is CCNCc1ccc2c(ccn2CCOC(C)C)c1. The van der Waals surface area contributed by atoms with E-state index in [1.807, 2.05) is 0 Å². The van der Waals surface area contributed by atoms with Gasteiger partial charge in [-0.2, -0.15) is 0 Å². The number of ether oxygens (including phenoxy) is 1. The molecule has 0 saturated carbocycles. The fourth-order valence-electron chi connectivity index (χ4n) is 2.21. The van der Waals surface area contributed by atoms with E-state index in [1.165, 1.54) is 16.5 Å². The van der Waals surface area contributed by atoms with Crippen molar-refractivity contribution in [3.63, 3.8) is 0 Å². The highest BCUT2D eigenvalue weighted by atomic mass is 16.5. The predicted molar refractivity (Wildman–Crippen MR) is 80.4 cm³/mol. The Balaban J connectivity index is 2.06. The summed E-state index contributed by atoms with van der Waals surface area (Å²) < 4.78 is 7.87. The van der Waals surface area contributed by atoms with Gasteiger partial charge in [-0.25, -0.2) is 0 Å². The maximum atomic E-state index is 5.61. The van der Waals surface area contributed by atoms with Crippen molar-refractivity contribution in [3.8, 4) is 0 Å². The molecule has 0 amide bonds. The number of rotatable bonds is 7. The minimum Gasteiger partial charge on any atom is -0.377 e. The highest BCUT2D eigenvalue weighted by Gasteiger charge is 2.02. The minimum absolute atomic E-state index is 0.300. The van der Waals surface area contributed by atoms with Crippen LogP contribution in [0.15, 0.2) is 30.5 Å². The van der Waals surface area contributed by atoms with E-state index in [0.717, 1.165) is 26.2 Å². The lowest BCUT2D eigenvalue weighted by Crippen LogP contribution is -2.11. The molecule has 0 radical (unpaired) electrons. The molecule has 3 nitrogen and oxygen atoms in total. The lowest BCUT2D eigenvalue weighted by Gasteiger charge is -2.09. The highest BCUT2D eigenvalue weighted by molar-refractivity contribution is 5.80. The van der Waals surface area contributed by atoms with E-state index < -0.39 is 0 Å². The number of fused-ring (bicyclic) bond motifs is 1. The number of benzene rings is 1. The van der Waals surface area contributed by atoms with Crippen LogP contribution in [0.1, 0.15) is 26.3 Å². The van der Waals surface area contributed by atoms with Gasteiger partial charge in [0.2, 0.25) is 0 Å². The summed E-state index contributed by atoms with van der Waals surface area (Å²) in [4.78, 5) is 0. The summed E-state index contributed by atoms with van der Waals surface area (Å²) in [6, 6.07) is 8.85. The Morgan fingerprint density at radius 1 is 1.26 bits per heavy atom. The molecule has 3 heteroatoms. The second-order valence-corrected chi connectivity index (χ2v) is 5.10. The molecule has 19 heavy (non-hydrogen) atoms. The van der Waals surface area contributed by atoms with Crippen molar-refractivity contribution in [1.29, 1.82) is 0 Å². The molecule has 0 spiro atoms. The average Bonchev–Trinajstić information content (AvgIpc) is 2.79. The van der Waals surface area contributed by atoms with Crippen LogP contribution in [-0.2, 0) is 17.8 Å². The topological polar surface area (TPSA) is 26.2 Å². The molecule has 1 aromatic carbocycles. The first-order valence-corrected chi connectivity index (χ1v) is 7.10. The van der Waals surface area contributed by atoms with Crippen LogP contribution in [0.5, 0.6) is 0 Å². The van der Waals surface area contributed by atoms with Crippen molar-refractivity contribution in [3.05, 3.63) is 36.0 Å². The van der Waals surface area contributed by atoms with Crippen LogP contribution in [0.4, 0.5) is 0 Å². The van der Waals surface area contributed by atoms with Crippen LogP contribution in [0.2, 0.25) is 0 Å². The number of hydrogen-bond donors (Lipinski definition) is 1. The largest absolute Gasteiger partial charge is 0.377 e. The molecule has 0 aliphatic carbocycles. The molecule has 1 N–H and O–H groups in total. The summed E-state index contributed by atoms with van der Waals surface area (Å²) >= 11 is 0. The van der Waals surface area contributed by atoms with Gasteiger partial charge in [0.25, 0.3) is 0 Å². The smallest absolute Gasteiger partial charge is 0.0649 e. The zero-order chi connectivity index (χ0) is 13.7. The van der Waals surface area contributed by atoms with Gasteiger partial charge < -0.3 is 14.6 Å². The molecule has 0 bridgehead atoms. The van der Waals surface area contributed by atoms with Gasteiger partial charge in [0.15, 0.2) is 0 Å². The third-order valence-electron chi connectivity index (χ3n) is 3.20. The van der Waals surface area contributed by atoms with Gasteiger partial charge in [-0.3, -0.25) is 0 Å². The van der Waals surface area contributed by atoms with Crippen molar-refractivity contribution < 1.29 is 4.74 Å². The summed E-state index contributed by atoms with van der Waals surface area (Å²) in [7, 11) is 0. The zero-order valence-corrected chi connectivity index (χ0v) is 12.1. The van der Waals surface area contributed by atoms with E-state index in [-0.39, 0.29) is 0 Å². The summed E-state index contributed by atoms with van der Waals surface area (Å²) in [6.07, 6.45) is 2.44. The summed E-state index contributed by atoms with van der Waals surface area (Å²) in [6.45, 7) is 9.89. The monoisotopic (exact) mass is 260 g/mol. The first-order chi connectivity index (χ1) is 9.20. The molecule has 2 aromatic rings. The van der Waals surface area contributed by atoms with Crippen LogP contribution in [0.25, 0.3) is 10.9 Å². The summed E-state index contributed by atoms with van der Waals surface area (Å²) in [5, 5.41) is 4.66. The molecule has 1 aromatic heterocycles. The Morgan fingerprint density at radius 3 is 2.84 bits per heavy atom. The van der Waals surface area contributed by atoms with E-state index in [2.05, 4.69) is 61.1 Å². The maximum Gasteiger partial charge on any atom is 0.0649 e. The van der Waals surface area contributed by atoms with Crippen LogP contribution < -0.4 is 5.32 Å². The quantitative estimate of drug-likeness (QED) is 0.827. The Hall–Kier alpha value is -1.32. The lowest BCUT2D eigenvalue weighted by atomic mass is 10.1. The highest BCUT2D eigenvalue weighted by Crippen LogP contribution is 2.17. The number of hydrogen-bond acceptors (Lipinski definition) is 2. The molecule has 1 heterocycles. The fraction of sp³-hybridized carbons (Fsp3) is 0.500. The second kappa shape index (κ2) is 6.73. The molecule has 0 aliphatic heterocycles. The van der Waals surface area contributed by atoms with E-state index in [0.29, 0.717) is 6.10 Å². The van der Waals surface area contributed by atoms with Crippen LogP contribution in [-0.4, -0.2) is 23.8 Å². The molecular formula is C16H24N2O. The Morgan fingerprint density at radius 2 is 2.11 bits per heavy atom. The molecule has 0 saturated heterocycles. The number of aromatic nitrogens is 1. The van der Waals surface area contributed by atoms with Crippen molar-refractivity contribution >= 4 is 10.9 Å². The average molecular weight is 260 g/mol. The van der Waals surface area contributed by atoms with E-state index in [1.54, 1.807) is 0 Å². The third-order valence-corrected chi connectivity index (χ3v) is 3.20. The Kier molecular flexibility index (Phi) is 5.00. The fourth-order valence-corrected chi connectivity index (χ4v) is 2.21. The van der Waals surface area contributed by atoms with E-state index in [4.69, 9.17) is 4.74 Å². The van der Waals surface area contributed by atoms with Gasteiger partial charge in [0.1, 0.15) is 0 Å². The molecule has 0 unspecified atom stereocenters. The van der Waals surface area contributed by atoms with Crippen LogP contribution >= 0.6 is 0 Å². The normalized spacial score (nSPS) is 11.6. The molecule has 104 valence electrons. The second-order valence-electron chi connectivity index (χ2n) is 5.10. The number of nitrogens with zero attached hydrogens (tertiary/aromatic N) is 1. The van der Waals surface area contributed by atoms with Crippen molar-refractivity contribution in [2.75, 3.05) is 13.2 Å². The van der Waals surface area contributed by atoms with Crippen LogP contribution in [0, 0.1) is 0 Å². The molecule has 0 atom stereocenters. The van der Waals surface area contributed by atoms with Gasteiger partial charge in [0.05, 0.1) is 12.7 Å². The Bertz CT molecular complexity index is 516. The zero-order valence-electron chi connectivity index (χ0n) is 12.1. The first kappa shape index (κ1) is 14.1. The third kappa shape index (κ3) is 3.82.